The lowest BCUT2D eigenvalue weighted by atomic mass is 9.96. The zero-order chi connectivity index (χ0) is 29.1. The SMILES string of the molecule is CN(C)CCCOc1ccc(-c2ccc(Cc3cc4c(=O)n([C@H]5CCOC[C@@H]5O)cnc4c4ccccc34)cn2)cn1. The number of fused-ring (bicyclic) bond motifs is 3. The van der Waals surface area contributed by atoms with E-state index >= 15 is 0 Å². The quantitative estimate of drug-likeness (QED) is 0.209. The van der Waals surface area contributed by atoms with Crippen LogP contribution in [0.1, 0.15) is 30.0 Å². The minimum Gasteiger partial charge on any atom is -0.478 e. The molecule has 0 bridgehead atoms. The summed E-state index contributed by atoms with van der Waals surface area (Å²) in [5.41, 5.74) is 4.32. The van der Waals surface area contributed by atoms with Crippen LogP contribution in [0.15, 0.2) is 78.1 Å². The van der Waals surface area contributed by atoms with Crippen LogP contribution in [0.2, 0.25) is 0 Å². The van der Waals surface area contributed by atoms with Gasteiger partial charge in [0.2, 0.25) is 5.88 Å². The van der Waals surface area contributed by atoms with Crippen LogP contribution in [0, 0.1) is 0 Å². The average Bonchev–Trinajstić information content (AvgIpc) is 3.01. The van der Waals surface area contributed by atoms with Crippen molar-refractivity contribution in [2.75, 3.05) is 40.5 Å². The van der Waals surface area contributed by atoms with E-state index < -0.39 is 6.10 Å². The molecular weight excluding hydrogens is 530 g/mol. The van der Waals surface area contributed by atoms with Gasteiger partial charge in [-0.15, -0.1) is 0 Å². The van der Waals surface area contributed by atoms with Gasteiger partial charge in [-0.25, -0.2) is 9.97 Å². The maximum atomic E-state index is 13.7. The van der Waals surface area contributed by atoms with Gasteiger partial charge in [0.1, 0.15) is 0 Å². The first-order valence-corrected chi connectivity index (χ1v) is 14.3. The molecule has 6 rings (SSSR count). The molecule has 1 aliphatic rings. The number of hydrogen-bond acceptors (Lipinski definition) is 8. The van der Waals surface area contributed by atoms with Crippen molar-refractivity contribution in [2.45, 2.75) is 31.4 Å². The van der Waals surface area contributed by atoms with Crippen LogP contribution in [-0.2, 0) is 11.2 Å². The zero-order valence-corrected chi connectivity index (χ0v) is 23.9. The second-order valence-electron chi connectivity index (χ2n) is 11.1. The molecule has 1 N–H and O–H groups in total. The van der Waals surface area contributed by atoms with Crippen molar-refractivity contribution in [3.63, 3.8) is 0 Å². The Kier molecular flexibility index (Phi) is 8.23. The number of rotatable bonds is 9. The van der Waals surface area contributed by atoms with Crippen molar-refractivity contribution in [1.82, 2.24) is 24.4 Å². The highest BCUT2D eigenvalue weighted by atomic mass is 16.5. The zero-order valence-electron chi connectivity index (χ0n) is 23.9. The number of aliphatic hydroxyl groups is 1. The molecule has 5 aromatic rings. The van der Waals surface area contributed by atoms with Crippen LogP contribution in [0.3, 0.4) is 0 Å². The molecule has 216 valence electrons. The predicted molar refractivity (Wildman–Crippen MR) is 163 cm³/mol. The molecule has 0 saturated carbocycles. The molecule has 3 aromatic heterocycles. The van der Waals surface area contributed by atoms with E-state index in [0.717, 1.165) is 46.1 Å². The molecule has 0 amide bonds. The van der Waals surface area contributed by atoms with Gasteiger partial charge < -0.3 is 19.5 Å². The molecule has 1 saturated heterocycles. The topological polar surface area (TPSA) is 103 Å². The number of aromatic nitrogens is 4. The van der Waals surface area contributed by atoms with E-state index in [0.29, 0.717) is 42.8 Å². The lowest BCUT2D eigenvalue weighted by molar-refractivity contribution is -0.0395. The lowest BCUT2D eigenvalue weighted by Gasteiger charge is -2.29. The van der Waals surface area contributed by atoms with Crippen molar-refractivity contribution in [1.29, 1.82) is 0 Å². The summed E-state index contributed by atoms with van der Waals surface area (Å²) in [4.78, 5) is 29.7. The Bertz CT molecular complexity index is 1740. The second-order valence-corrected chi connectivity index (χ2v) is 11.1. The Morgan fingerprint density at radius 3 is 2.62 bits per heavy atom. The molecule has 2 aromatic carbocycles. The lowest BCUT2D eigenvalue weighted by Crippen LogP contribution is -2.39. The number of nitrogens with zero attached hydrogens (tertiary/aromatic N) is 5. The molecule has 0 radical (unpaired) electrons. The molecule has 1 fully saturated rings. The van der Waals surface area contributed by atoms with Gasteiger partial charge in [-0.3, -0.25) is 14.3 Å². The highest BCUT2D eigenvalue weighted by molar-refractivity contribution is 6.06. The largest absolute Gasteiger partial charge is 0.478 e. The summed E-state index contributed by atoms with van der Waals surface area (Å²) < 4.78 is 12.7. The van der Waals surface area contributed by atoms with Gasteiger partial charge in [-0.1, -0.05) is 30.3 Å². The Balaban J connectivity index is 1.25. The summed E-state index contributed by atoms with van der Waals surface area (Å²) in [5, 5.41) is 13.0. The first-order valence-electron chi connectivity index (χ1n) is 14.3. The molecule has 9 nitrogen and oxygen atoms in total. The third-order valence-electron chi connectivity index (χ3n) is 7.78. The summed E-state index contributed by atoms with van der Waals surface area (Å²) in [6.07, 6.45) is 6.60. The van der Waals surface area contributed by atoms with E-state index in [1.807, 2.05) is 62.8 Å². The molecule has 0 spiro atoms. The fraction of sp³-hybridized carbons (Fsp3) is 0.333. The standard InChI is InChI=1S/C33H35N5O4/c1-37(2)13-5-14-42-31-11-9-23(19-35-31)28-10-8-22(18-34-28)16-24-17-27-32(26-7-4-3-6-25(24)26)36-21-38(33(27)40)29-12-15-41-20-30(29)39/h3-4,6-11,17-19,21,29-30,39H,5,12-16,20H2,1-2H3/t29-,30-/m0/s1. The Labute approximate surface area is 244 Å². The second kappa shape index (κ2) is 12.4. The molecule has 9 heteroatoms. The van der Waals surface area contributed by atoms with Gasteiger partial charge in [0, 0.05) is 42.6 Å². The predicted octanol–water partition coefficient (Wildman–Crippen LogP) is 4.25. The van der Waals surface area contributed by atoms with Gasteiger partial charge in [0.15, 0.2) is 0 Å². The Morgan fingerprint density at radius 1 is 1.02 bits per heavy atom. The first kappa shape index (κ1) is 28.0. The van der Waals surface area contributed by atoms with Crippen molar-refractivity contribution in [3.8, 4) is 17.1 Å². The van der Waals surface area contributed by atoms with Crippen LogP contribution in [0.4, 0.5) is 0 Å². The molecule has 0 unspecified atom stereocenters. The summed E-state index contributed by atoms with van der Waals surface area (Å²) in [6, 6.07) is 17.5. The van der Waals surface area contributed by atoms with Crippen LogP contribution in [0.5, 0.6) is 5.88 Å². The number of pyridine rings is 2. The fourth-order valence-electron chi connectivity index (χ4n) is 5.56. The minimum absolute atomic E-state index is 0.149. The van der Waals surface area contributed by atoms with Gasteiger partial charge in [-0.2, -0.15) is 0 Å². The van der Waals surface area contributed by atoms with Gasteiger partial charge in [0.25, 0.3) is 5.56 Å². The number of benzene rings is 2. The maximum absolute atomic E-state index is 13.7. The third kappa shape index (κ3) is 5.90. The minimum atomic E-state index is -0.743. The summed E-state index contributed by atoms with van der Waals surface area (Å²) >= 11 is 0. The molecule has 2 atom stereocenters. The van der Waals surface area contributed by atoms with Crippen molar-refractivity contribution < 1.29 is 14.6 Å². The van der Waals surface area contributed by atoms with Crippen LogP contribution < -0.4 is 10.3 Å². The number of ether oxygens (including phenoxy) is 2. The van der Waals surface area contributed by atoms with Gasteiger partial charge >= 0.3 is 0 Å². The van der Waals surface area contributed by atoms with Gasteiger partial charge in [-0.05, 0) is 68.1 Å². The third-order valence-corrected chi connectivity index (χ3v) is 7.78. The highest BCUT2D eigenvalue weighted by Crippen LogP contribution is 2.29. The smallest absolute Gasteiger partial charge is 0.261 e. The average molecular weight is 566 g/mol. The van der Waals surface area contributed by atoms with Crippen LogP contribution in [0.25, 0.3) is 32.9 Å². The van der Waals surface area contributed by atoms with Crippen LogP contribution in [-0.4, -0.2) is 76.1 Å². The summed E-state index contributed by atoms with van der Waals surface area (Å²) in [6.45, 7) is 2.32. The number of aliphatic hydroxyl groups excluding tert-OH is 1. The van der Waals surface area contributed by atoms with Crippen molar-refractivity contribution >= 4 is 21.7 Å². The van der Waals surface area contributed by atoms with E-state index in [1.54, 1.807) is 17.1 Å². The monoisotopic (exact) mass is 565 g/mol. The van der Waals surface area contributed by atoms with Crippen molar-refractivity contribution in [3.05, 3.63) is 94.8 Å². The van der Waals surface area contributed by atoms with Gasteiger partial charge in [0.05, 0.1) is 48.3 Å². The molecular formula is C33H35N5O4. The van der Waals surface area contributed by atoms with E-state index in [1.165, 1.54) is 0 Å². The van der Waals surface area contributed by atoms with Crippen LogP contribution >= 0.6 is 0 Å². The molecule has 1 aliphatic heterocycles. The highest BCUT2D eigenvalue weighted by Gasteiger charge is 2.27. The normalized spacial score (nSPS) is 17.2. The first-order chi connectivity index (χ1) is 20.5. The Hall–Kier alpha value is -4.18. The fourth-order valence-corrected chi connectivity index (χ4v) is 5.56. The maximum Gasteiger partial charge on any atom is 0.261 e. The summed E-state index contributed by atoms with van der Waals surface area (Å²) in [7, 11) is 4.09. The molecule has 0 aliphatic carbocycles. The van der Waals surface area contributed by atoms with E-state index in [2.05, 4.69) is 27.0 Å². The van der Waals surface area contributed by atoms with E-state index in [4.69, 9.17) is 14.5 Å². The molecule has 42 heavy (non-hydrogen) atoms. The number of hydrogen-bond donors (Lipinski definition) is 1. The Morgan fingerprint density at radius 2 is 1.88 bits per heavy atom. The van der Waals surface area contributed by atoms with E-state index in [9.17, 15) is 9.90 Å². The van der Waals surface area contributed by atoms with Crippen molar-refractivity contribution in [2.24, 2.45) is 0 Å². The van der Waals surface area contributed by atoms with E-state index in [-0.39, 0.29) is 18.2 Å². The summed E-state index contributed by atoms with van der Waals surface area (Å²) in [5.74, 6) is 0.609. The molecule has 4 heterocycles.